The topological polar surface area (TPSA) is 61.8 Å². The predicted molar refractivity (Wildman–Crippen MR) is 63.5 cm³/mol. The number of amides is 1. The van der Waals surface area contributed by atoms with Crippen molar-refractivity contribution in [2.75, 3.05) is 32.8 Å². The molecule has 0 aromatic heterocycles. The van der Waals surface area contributed by atoms with Crippen molar-refractivity contribution >= 4 is 5.91 Å². The van der Waals surface area contributed by atoms with Crippen LogP contribution in [0.2, 0.25) is 0 Å². The van der Waals surface area contributed by atoms with Crippen LogP contribution < -0.4 is 5.32 Å². The molecule has 4 unspecified atom stereocenters. The normalized spacial score (nSPS) is 38.4. The molecular formula is C12H22N2O3. The van der Waals surface area contributed by atoms with E-state index in [1.807, 2.05) is 11.8 Å². The number of hydrogen-bond donors (Lipinski definition) is 2. The fourth-order valence-corrected chi connectivity index (χ4v) is 2.59. The second kappa shape index (κ2) is 5.33. The molecule has 0 aliphatic carbocycles. The molecule has 0 bridgehead atoms. The average Bonchev–Trinajstić information content (AvgIpc) is 2.75. The van der Waals surface area contributed by atoms with Crippen LogP contribution in [0.4, 0.5) is 0 Å². The summed E-state index contributed by atoms with van der Waals surface area (Å²) in [5.41, 5.74) is 0. The van der Waals surface area contributed by atoms with E-state index >= 15 is 0 Å². The summed E-state index contributed by atoms with van der Waals surface area (Å²) in [4.78, 5) is 14.3. The van der Waals surface area contributed by atoms with Gasteiger partial charge in [-0.3, -0.25) is 4.79 Å². The number of hydrogen-bond acceptors (Lipinski definition) is 4. The summed E-state index contributed by atoms with van der Waals surface area (Å²) in [7, 11) is 0. The number of nitrogens with zero attached hydrogens (tertiary/aromatic N) is 1. The highest BCUT2D eigenvalue weighted by Crippen LogP contribution is 2.22. The molecule has 0 aromatic rings. The maximum atomic E-state index is 12.4. The lowest BCUT2D eigenvalue weighted by molar-refractivity contribution is -0.150. The molecular weight excluding hydrogens is 220 g/mol. The van der Waals surface area contributed by atoms with Gasteiger partial charge in [0.1, 0.15) is 0 Å². The van der Waals surface area contributed by atoms with Crippen molar-refractivity contribution in [2.45, 2.75) is 26.0 Å². The summed E-state index contributed by atoms with van der Waals surface area (Å²) in [5, 5.41) is 12.4. The van der Waals surface area contributed by atoms with E-state index in [0.29, 0.717) is 19.1 Å². The second-order valence-corrected chi connectivity index (χ2v) is 5.22. The zero-order valence-corrected chi connectivity index (χ0v) is 10.6. The van der Waals surface area contributed by atoms with Crippen LogP contribution in [0.1, 0.15) is 13.8 Å². The number of morpholine rings is 1. The highest BCUT2D eigenvalue weighted by Gasteiger charge is 2.37. The van der Waals surface area contributed by atoms with Crippen LogP contribution in [0, 0.1) is 11.8 Å². The summed E-state index contributed by atoms with van der Waals surface area (Å²) in [6, 6.07) is 0.109. The Morgan fingerprint density at radius 2 is 2.24 bits per heavy atom. The molecule has 2 heterocycles. The Hall–Kier alpha value is -0.650. The number of carbonyl (C=O) groups excluding carboxylic acids is 1. The number of aliphatic hydroxyl groups is 1. The van der Waals surface area contributed by atoms with E-state index in [0.717, 1.165) is 13.1 Å². The highest BCUT2D eigenvalue weighted by atomic mass is 16.5. The van der Waals surface area contributed by atoms with Crippen LogP contribution in [0.5, 0.6) is 0 Å². The van der Waals surface area contributed by atoms with Gasteiger partial charge in [0.25, 0.3) is 0 Å². The molecule has 0 saturated carbocycles. The molecule has 5 heteroatoms. The van der Waals surface area contributed by atoms with Crippen LogP contribution >= 0.6 is 0 Å². The molecule has 2 rings (SSSR count). The third-order valence-electron chi connectivity index (χ3n) is 3.83. The monoisotopic (exact) mass is 242 g/mol. The zero-order chi connectivity index (χ0) is 12.4. The molecule has 2 aliphatic rings. The Balaban J connectivity index is 2.01. The quantitative estimate of drug-likeness (QED) is 0.682. The third kappa shape index (κ3) is 2.61. The first-order valence-corrected chi connectivity index (χ1v) is 6.37. The van der Waals surface area contributed by atoms with Crippen molar-refractivity contribution in [1.29, 1.82) is 0 Å². The Morgan fingerprint density at radius 3 is 2.82 bits per heavy atom. The number of ether oxygens (including phenoxy) is 1. The molecule has 4 atom stereocenters. The molecule has 98 valence electrons. The Labute approximate surface area is 102 Å². The van der Waals surface area contributed by atoms with Crippen LogP contribution in [0.25, 0.3) is 0 Å². The van der Waals surface area contributed by atoms with Crippen LogP contribution in [-0.2, 0) is 9.53 Å². The number of rotatable bonds is 2. The van der Waals surface area contributed by atoms with E-state index in [4.69, 9.17) is 9.84 Å². The molecule has 1 amide bonds. The number of nitrogens with one attached hydrogen (secondary N) is 1. The lowest BCUT2D eigenvalue weighted by Crippen LogP contribution is -2.54. The van der Waals surface area contributed by atoms with E-state index < -0.39 is 0 Å². The van der Waals surface area contributed by atoms with E-state index in [2.05, 4.69) is 12.2 Å². The lowest BCUT2D eigenvalue weighted by atomic mass is 9.95. The van der Waals surface area contributed by atoms with E-state index in [1.165, 1.54) is 0 Å². The van der Waals surface area contributed by atoms with Gasteiger partial charge in [-0.05, 0) is 19.4 Å². The van der Waals surface area contributed by atoms with Gasteiger partial charge in [0.2, 0.25) is 5.91 Å². The first kappa shape index (κ1) is 12.8. The summed E-state index contributed by atoms with van der Waals surface area (Å²) in [6.45, 7) is 6.81. The zero-order valence-electron chi connectivity index (χ0n) is 10.6. The van der Waals surface area contributed by atoms with Gasteiger partial charge in [-0.2, -0.15) is 0 Å². The minimum absolute atomic E-state index is 0.0189. The summed E-state index contributed by atoms with van der Waals surface area (Å²) >= 11 is 0. The van der Waals surface area contributed by atoms with Gasteiger partial charge in [-0.1, -0.05) is 6.92 Å². The van der Waals surface area contributed by atoms with Crippen molar-refractivity contribution in [3.63, 3.8) is 0 Å². The van der Waals surface area contributed by atoms with Crippen molar-refractivity contribution in [1.82, 2.24) is 10.2 Å². The second-order valence-electron chi connectivity index (χ2n) is 5.22. The molecule has 2 N–H and O–H groups in total. The Morgan fingerprint density at radius 1 is 1.47 bits per heavy atom. The van der Waals surface area contributed by atoms with Gasteiger partial charge in [-0.15, -0.1) is 0 Å². The Bertz CT molecular complexity index is 285. The van der Waals surface area contributed by atoms with Gasteiger partial charge in [0.05, 0.1) is 31.3 Å². The number of carbonyl (C=O) groups is 1. The van der Waals surface area contributed by atoms with E-state index in [1.54, 1.807) is 0 Å². The maximum absolute atomic E-state index is 12.4. The van der Waals surface area contributed by atoms with E-state index in [-0.39, 0.29) is 30.6 Å². The lowest BCUT2D eigenvalue weighted by Gasteiger charge is -2.39. The van der Waals surface area contributed by atoms with Crippen molar-refractivity contribution in [2.24, 2.45) is 11.8 Å². The molecule has 0 spiro atoms. The molecule has 0 radical (unpaired) electrons. The molecule has 17 heavy (non-hydrogen) atoms. The molecule has 2 fully saturated rings. The highest BCUT2D eigenvalue weighted by molar-refractivity contribution is 5.80. The minimum atomic E-state index is -0.222. The third-order valence-corrected chi connectivity index (χ3v) is 3.83. The fourth-order valence-electron chi connectivity index (χ4n) is 2.59. The average molecular weight is 242 g/mol. The van der Waals surface area contributed by atoms with Crippen LogP contribution in [0.3, 0.4) is 0 Å². The molecule has 2 aliphatic heterocycles. The summed E-state index contributed by atoms with van der Waals surface area (Å²) in [5.74, 6) is 0.678. The Kier molecular flexibility index (Phi) is 4.01. The number of aliphatic hydroxyl groups excluding tert-OH is 1. The van der Waals surface area contributed by atoms with Gasteiger partial charge < -0.3 is 20.1 Å². The van der Waals surface area contributed by atoms with Crippen molar-refractivity contribution < 1.29 is 14.6 Å². The maximum Gasteiger partial charge on any atom is 0.227 e. The molecule has 5 nitrogen and oxygen atoms in total. The van der Waals surface area contributed by atoms with Gasteiger partial charge in [0, 0.05) is 13.1 Å². The standard InChI is InChI=1S/C12H22N2O3/c1-8-3-13-4-11(8)12(16)14-5-10(6-15)17-7-9(14)2/h8-11,13,15H,3-7H2,1-2H3. The minimum Gasteiger partial charge on any atom is -0.394 e. The van der Waals surface area contributed by atoms with E-state index in [9.17, 15) is 4.79 Å². The van der Waals surface area contributed by atoms with Crippen LogP contribution in [0.15, 0.2) is 0 Å². The largest absolute Gasteiger partial charge is 0.394 e. The van der Waals surface area contributed by atoms with Gasteiger partial charge >= 0.3 is 0 Å². The SMILES string of the molecule is CC1CNCC1C(=O)N1CC(CO)OCC1C. The van der Waals surface area contributed by atoms with Crippen molar-refractivity contribution in [3.05, 3.63) is 0 Å². The van der Waals surface area contributed by atoms with Crippen molar-refractivity contribution in [3.8, 4) is 0 Å². The first-order chi connectivity index (χ1) is 8.13. The molecule has 2 saturated heterocycles. The summed E-state index contributed by atoms with van der Waals surface area (Å²) in [6.07, 6.45) is -0.222. The van der Waals surface area contributed by atoms with Gasteiger partial charge in [-0.25, -0.2) is 0 Å². The fraction of sp³-hybridized carbons (Fsp3) is 0.917. The predicted octanol–water partition coefficient (Wildman–Crippen LogP) is -0.550. The smallest absolute Gasteiger partial charge is 0.227 e. The summed E-state index contributed by atoms with van der Waals surface area (Å²) < 4.78 is 5.45. The first-order valence-electron chi connectivity index (χ1n) is 6.37. The molecule has 0 aromatic carbocycles. The van der Waals surface area contributed by atoms with Crippen LogP contribution in [-0.4, -0.2) is 60.9 Å². The van der Waals surface area contributed by atoms with Gasteiger partial charge in [0.15, 0.2) is 0 Å².